The Hall–Kier alpha value is -1.58. The Kier molecular flexibility index (Phi) is 4.28. The molecule has 1 rings (SSSR count). The minimum Gasteiger partial charge on any atom is -0.384 e. The summed E-state index contributed by atoms with van der Waals surface area (Å²) >= 11 is 0. The highest BCUT2D eigenvalue weighted by Gasteiger charge is 2.02. The van der Waals surface area contributed by atoms with E-state index in [1.165, 1.54) is 10.7 Å². The maximum Gasteiger partial charge on any atom is 0.273 e. The van der Waals surface area contributed by atoms with Crippen molar-refractivity contribution in [3.63, 3.8) is 0 Å². The predicted octanol–water partition coefficient (Wildman–Crippen LogP) is 2.01. The summed E-state index contributed by atoms with van der Waals surface area (Å²) in [6, 6.07) is 3.27. The van der Waals surface area contributed by atoms with Gasteiger partial charge in [0.1, 0.15) is 5.82 Å². The zero-order valence-corrected chi connectivity index (χ0v) is 10.1. The summed E-state index contributed by atoms with van der Waals surface area (Å²) in [6.45, 7) is 6.04. The molecule has 0 amide bonds. The highest BCUT2D eigenvalue weighted by molar-refractivity contribution is 5.60. The second-order valence-corrected chi connectivity index (χ2v) is 3.95. The molecule has 0 bridgehead atoms. The van der Waals surface area contributed by atoms with E-state index in [2.05, 4.69) is 18.9 Å². The van der Waals surface area contributed by atoms with Crippen LogP contribution in [0.5, 0.6) is 0 Å². The first kappa shape index (κ1) is 12.5. The molecule has 88 valence electrons. The third-order valence-corrected chi connectivity index (χ3v) is 2.62. The fourth-order valence-corrected chi connectivity index (χ4v) is 1.50. The molecule has 1 aromatic rings. The fourth-order valence-electron chi connectivity index (χ4n) is 1.50. The Balaban J connectivity index is 3.02. The SMILES string of the molecule is CCC(/C=N\n1c(N)cc(C)cc1=O)CC. The van der Waals surface area contributed by atoms with Crippen molar-refractivity contribution in [3.8, 4) is 0 Å². The number of rotatable bonds is 4. The molecule has 0 spiro atoms. The average Bonchev–Trinajstić information content (AvgIpc) is 2.22. The number of hydrogen-bond donors (Lipinski definition) is 1. The topological polar surface area (TPSA) is 60.4 Å². The van der Waals surface area contributed by atoms with Crippen molar-refractivity contribution in [3.05, 3.63) is 28.0 Å². The van der Waals surface area contributed by atoms with Crippen LogP contribution in [0.15, 0.2) is 22.0 Å². The number of anilines is 1. The lowest BCUT2D eigenvalue weighted by molar-refractivity contribution is 0.647. The van der Waals surface area contributed by atoms with Gasteiger partial charge in [0.15, 0.2) is 0 Å². The minimum atomic E-state index is -0.181. The number of nitrogens with zero attached hydrogens (tertiary/aromatic N) is 2. The number of pyridine rings is 1. The summed E-state index contributed by atoms with van der Waals surface area (Å²) in [5, 5.41) is 4.14. The van der Waals surface area contributed by atoms with Gasteiger partial charge in [0.25, 0.3) is 5.56 Å². The maximum atomic E-state index is 11.6. The average molecular weight is 221 g/mol. The third kappa shape index (κ3) is 2.95. The van der Waals surface area contributed by atoms with Gasteiger partial charge >= 0.3 is 0 Å². The van der Waals surface area contributed by atoms with Crippen molar-refractivity contribution in [1.29, 1.82) is 0 Å². The molecule has 0 aromatic carbocycles. The summed E-state index contributed by atoms with van der Waals surface area (Å²) in [4.78, 5) is 11.6. The molecule has 0 aliphatic rings. The third-order valence-electron chi connectivity index (χ3n) is 2.62. The summed E-state index contributed by atoms with van der Waals surface area (Å²) in [5.74, 6) is 0.778. The molecule has 0 saturated heterocycles. The molecular formula is C12H19N3O. The highest BCUT2D eigenvalue weighted by atomic mass is 16.1. The lowest BCUT2D eigenvalue weighted by atomic mass is 10.1. The predicted molar refractivity (Wildman–Crippen MR) is 67.8 cm³/mol. The van der Waals surface area contributed by atoms with Crippen LogP contribution in [0.4, 0.5) is 5.82 Å². The zero-order chi connectivity index (χ0) is 12.1. The number of aromatic nitrogens is 1. The van der Waals surface area contributed by atoms with Crippen molar-refractivity contribution in [2.75, 3.05) is 5.73 Å². The molecule has 16 heavy (non-hydrogen) atoms. The van der Waals surface area contributed by atoms with Gasteiger partial charge in [-0.2, -0.15) is 9.78 Å². The van der Waals surface area contributed by atoms with E-state index in [1.54, 1.807) is 12.3 Å². The molecular weight excluding hydrogens is 202 g/mol. The van der Waals surface area contributed by atoms with Crippen LogP contribution in [0, 0.1) is 12.8 Å². The molecule has 4 nitrogen and oxygen atoms in total. The molecule has 0 aliphatic carbocycles. The summed E-state index contributed by atoms with van der Waals surface area (Å²) in [5.41, 5.74) is 6.42. The smallest absolute Gasteiger partial charge is 0.273 e. The van der Waals surface area contributed by atoms with E-state index in [-0.39, 0.29) is 5.56 Å². The molecule has 0 saturated carbocycles. The van der Waals surface area contributed by atoms with Crippen molar-refractivity contribution in [2.45, 2.75) is 33.6 Å². The Morgan fingerprint density at radius 3 is 2.56 bits per heavy atom. The van der Waals surface area contributed by atoms with E-state index in [0.717, 1.165) is 18.4 Å². The van der Waals surface area contributed by atoms with Crippen molar-refractivity contribution in [1.82, 2.24) is 4.68 Å². The van der Waals surface area contributed by atoms with Crippen LogP contribution in [0.2, 0.25) is 0 Å². The van der Waals surface area contributed by atoms with E-state index in [9.17, 15) is 4.79 Å². The van der Waals surface area contributed by atoms with E-state index >= 15 is 0 Å². The zero-order valence-electron chi connectivity index (χ0n) is 10.1. The number of hydrogen-bond acceptors (Lipinski definition) is 3. The van der Waals surface area contributed by atoms with E-state index in [4.69, 9.17) is 5.73 Å². The normalized spacial score (nSPS) is 11.5. The van der Waals surface area contributed by atoms with E-state index < -0.39 is 0 Å². The van der Waals surface area contributed by atoms with Gasteiger partial charge in [-0.3, -0.25) is 4.79 Å². The van der Waals surface area contributed by atoms with Gasteiger partial charge in [0, 0.05) is 12.3 Å². The first-order chi connectivity index (χ1) is 7.58. The van der Waals surface area contributed by atoms with Gasteiger partial charge in [-0.25, -0.2) is 0 Å². The Morgan fingerprint density at radius 1 is 1.44 bits per heavy atom. The Bertz CT molecular complexity index is 430. The fraction of sp³-hybridized carbons (Fsp3) is 0.500. The lowest BCUT2D eigenvalue weighted by Crippen LogP contribution is -2.19. The van der Waals surface area contributed by atoms with Crippen LogP contribution in [-0.2, 0) is 0 Å². The van der Waals surface area contributed by atoms with Crippen LogP contribution >= 0.6 is 0 Å². The Labute approximate surface area is 95.8 Å². The molecule has 0 fully saturated rings. The van der Waals surface area contributed by atoms with Crippen molar-refractivity contribution >= 4 is 12.0 Å². The van der Waals surface area contributed by atoms with Gasteiger partial charge in [-0.05, 0) is 37.3 Å². The monoisotopic (exact) mass is 221 g/mol. The first-order valence-corrected chi connectivity index (χ1v) is 5.62. The van der Waals surface area contributed by atoms with E-state index in [0.29, 0.717) is 11.7 Å². The molecule has 1 aromatic heterocycles. The van der Waals surface area contributed by atoms with Gasteiger partial charge < -0.3 is 5.73 Å². The quantitative estimate of drug-likeness (QED) is 0.790. The molecule has 1 heterocycles. The van der Waals surface area contributed by atoms with Crippen LogP contribution < -0.4 is 11.3 Å². The summed E-state index contributed by atoms with van der Waals surface area (Å²) < 4.78 is 1.24. The standard InChI is InChI=1S/C12H19N3O/c1-4-10(5-2)8-14-15-11(13)6-9(3)7-12(15)16/h6-8,10H,4-5,13H2,1-3H3/b14-8-. The maximum absolute atomic E-state index is 11.6. The van der Waals surface area contributed by atoms with Gasteiger partial charge in [-0.1, -0.05) is 13.8 Å². The minimum absolute atomic E-state index is 0.181. The number of nitrogen functional groups attached to an aromatic ring is 1. The second-order valence-electron chi connectivity index (χ2n) is 3.95. The molecule has 0 unspecified atom stereocenters. The molecule has 4 heteroatoms. The number of nitrogens with two attached hydrogens (primary N) is 1. The van der Waals surface area contributed by atoms with Crippen LogP contribution in [0.25, 0.3) is 0 Å². The van der Waals surface area contributed by atoms with E-state index in [1.807, 2.05) is 6.92 Å². The largest absolute Gasteiger partial charge is 0.384 e. The lowest BCUT2D eigenvalue weighted by Gasteiger charge is -2.07. The van der Waals surface area contributed by atoms with Gasteiger partial charge in [0.05, 0.1) is 0 Å². The van der Waals surface area contributed by atoms with Crippen molar-refractivity contribution < 1.29 is 0 Å². The second kappa shape index (κ2) is 5.49. The molecule has 2 N–H and O–H groups in total. The molecule has 0 atom stereocenters. The summed E-state index contributed by atoms with van der Waals surface area (Å²) in [6.07, 6.45) is 3.83. The number of aryl methyl sites for hydroxylation is 1. The van der Waals surface area contributed by atoms with Crippen LogP contribution in [-0.4, -0.2) is 10.9 Å². The van der Waals surface area contributed by atoms with Crippen molar-refractivity contribution in [2.24, 2.45) is 11.0 Å². The van der Waals surface area contributed by atoms with Crippen LogP contribution in [0.1, 0.15) is 32.3 Å². The Morgan fingerprint density at radius 2 is 2.06 bits per heavy atom. The molecule has 0 aliphatic heterocycles. The highest BCUT2D eigenvalue weighted by Crippen LogP contribution is 2.06. The van der Waals surface area contributed by atoms with Gasteiger partial charge in [0.2, 0.25) is 0 Å². The molecule has 0 radical (unpaired) electrons. The first-order valence-electron chi connectivity index (χ1n) is 5.62. The van der Waals surface area contributed by atoms with Gasteiger partial charge in [-0.15, -0.1) is 0 Å². The summed E-state index contributed by atoms with van der Waals surface area (Å²) in [7, 11) is 0. The van der Waals surface area contributed by atoms with Crippen LogP contribution in [0.3, 0.4) is 0 Å².